The number of hydrogen-bond donors (Lipinski definition) is 1. The Balaban J connectivity index is -0.0000000150. The molecule has 0 aromatic carbocycles. The molecule has 0 atom stereocenters. The van der Waals surface area contributed by atoms with Crippen molar-refractivity contribution < 1.29 is 50.0 Å². The van der Waals surface area contributed by atoms with Crippen LogP contribution in [0.25, 0.3) is 0 Å². The largest absolute Gasteiger partial charge is 2.00 e. The molecule has 0 aliphatic rings. The van der Waals surface area contributed by atoms with Crippen molar-refractivity contribution in [2.75, 3.05) is 0 Å². The van der Waals surface area contributed by atoms with E-state index in [1.807, 2.05) is 0 Å². The Kier molecular flexibility index (Phi) is 52.8. The van der Waals surface area contributed by atoms with Crippen molar-refractivity contribution in [3.63, 3.8) is 0 Å². The van der Waals surface area contributed by atoms with E-state index in [2.05, 4.69) is 0 Å². The van der Waals surface area contributed by atoms with Crippen molar-refractivity contribution in [1.29, 1.82) is 0 Å². The van der Waals surface area contributed by atoms with E-state index in [0.29, 0.717) is 0 Å². The first-order valence-corrected chi connectivity index (χ1v) is 0.632. The Labute approximate surface area is 92.5 Å². The summed E-state index contributed by atoms with van der Waals surface area (Å²) >= 11 is 0. The van der Waals surface area contributed by atoms with Gasteiger partial charge in [-0.15, -0.1) is 0 Å². The molecule has 0 aliphatic carbocycles. The molecule has 0 heterocycles. The monoisotopic (exact) mass is 140 g/mol. The Morgan fingerprint density at radius 3 is 1.57 bits per heavy atom. The van der Waals surface area contributed by atoms with Gasteiger partial charge in [0.15, 0.2) is 0 Å². The molecule has 0 saturated heterocycles. The Bertz CT molecular complexity index is 34.7. The molecule has 1 N–H and O–H groups in total. The minimum atomic E-state index is -2.08. The summed E-state index contributed by atoms with van der Waals surface area (Å²) in [5, 5.41) is 15.3. The van der Waals surface area contributed by atoms with E-state index in [-0.39, 0.29) is 72.8 Å². The van der Waals surface area contributed by atoms with Gasteiger partial charge in [0.05, 0.1) is 0 Å². The molecule has 0 rings (SSSR count). The second kappa shape index (κ2) is 15.6. The van der Waals surface area contributed by atoms with Crippen LogP contribution in [0.15, 0.2) is 0 Å². The fraction of sp³-hybridized carbons (Fsp3) is 0. The van der Waals surface area contributed by atoms with Gasteiger partial charge in [0.25, 0.3) is 0 Å². The molecule has 0 bridgehead atoms. The predicted octanol–water partition coefficient (Wildman–Crippen LogP) is -4.61. The first kappa shape index (κ1) is 23.6. The summed E-state index contributed by atoms with van der Waals surface area (Å²) in [5.74, 6) is 0. The van der Waals surface area contributed by atoms with Crippen LogP contribution in [0, 0.1) is 0 Å². The topological polar surface area (TPSA) is 88.9 Å². The summed E-state index contributed by atoms with van der Waals surface area (Å²) in [4.78, 5) is 8.44. The van der Waals surface area contributed by atoms with Crippen LogP contribution in [-0.4, -0.2) is 49.0 Å². The summed E-state index contributed by atoms with van der Waals surface area (Å²) in [7, 11) is 0. The van der Waals surface area contributed by atoms with E-state index >= 15 is 0 Å². The van der Waals surface area contributed by atoms with Crippen LogP contribution in [0.3, 0.4) is 0 Å². The molecule has 0 unspecified atom stereocenters. The van der Waals surface area contributed by atoms with Crippen LogP contribution < -0.4 is 34.7 Å². The van der Waals surface area contributed by atoms with Crippen LogP contribution in [0.4, 0.5) is 4.79 Å². The fourth-order valence-corrected chi connectivity index (χ4v) is 0. The van der Waals surface area contributed by atoms with Crippen LogP contribution in [0.1, 0.15) is 0 Å². The van der Waals surface area contributed by atoms with Crippen LogP contribution in [0.2, 0.25) is 0 Å². The number of rotatable bonds is 0. The second-order valence-corrected chi connectivity index (χ2v) is 0.266. The van der Waals surface area contributed by atoms with Gasteiger partial charge in [-0.3, -0.25) is 0 Å². The van der Waals surface area contributed by atoms with Crippen LogP contribution >= 0.6 is 0 Å². The van der Waals surface area contributed by atoms with Gasteiger partial charge in [0, 0.05) is 0 Å². The van der Waals surface area contributed by atoms with Crippen molar-refractivity contribution in [3.8, 4) is 0 Å². The number of carboxylic acid groups (broad SMARTS) is 2. The Morgan fingerprint density at radius 1 is 1.57 bits per heavy atom. The summed E-state index contributed by atoms with van der Waals surface area (Å²) in [5.41, 5.74) is 0. The van der Waals surface area contributed by atoms with Crippen molar-refractivity contribution in [1.82, 2.24) is 0 Å². The van der Waals surface area contributed by atoms with Gasteiger partial charge in [0.1, 0.15) is 0 Å². The molecular formula is CHCaNaO4. The maximum absolute atomic E-state index is 8.44. The molecule has 0 saturated carbocycles. The van der Waals surface area contributed by atoms with E-state index < -0.39 is 6.16 Å². The predicted molar refractivity (Wildman–Crippen MR) is 14.5 cm³/mol. The third kappa shape index (κ3) is 102. The van der Waals surface area contributed by atoms with Crippen molar-refractivity contribution in [2.45, 2.75) is 0 Å². The van der Waals surface area contributed by atoms with Gasteiger partial charge in [-0.05, 0) is 0 Å². The third-order valence-electron chi connectivity index (χ3n) is 0. The van der Waals surface area contributed by atoms with Gasteiger partial charge in [-0.1, -0.05) is 0 Å². The second-order valence-electron chi connectivity index (χ2n) is 0.266. The molecule has 0 amide bonds. The van der Waals surface area contributed by atoms with Crippen LogP contribution in [-0.2, 0) is 5.48 Å². The zero-order valence-electron chi connectivity index (χ0n) is 3.88. The number of carbonyl (C=O) groups is 1. The van der Waals surface area contributed by atoms with Crippen molar-refractivity contribution in [3.05, 3.63) is 0 Å². The summed E-state index contributed by atoms with van der Waals surface area (Å²) in [6, 6.07) is 0. The minimum Gasteiger partial charge on any atom is -2.00 e. The normalized spacial score (nSPS) is 3.43. The summed E-state index contributed by atoms with van der Waals surface area (Å²) < 4.78 is 0. The summed E-state index contributed by atoms with van der Waals surface area (Å²) in [6.45, 7) is 0. The van der Waals surface area contributed by atoms with E-state index in [9.17, 15) is 0 Å². The Morgan fingerprint density at radius 2 is 1.57 bits per heavy atom. The van der Waals surface area contributed by atoms with Gasteiger partial charge < -0.3 is 20.5 Å². The van der Waals surface area contributed by atoms with Gasteiger partial charge in [-0.2, -0.15) is 0 Å². The molecule has 7 heavy (non-hydrogen) atoms. The van der Waals surface area contributed by atoms with Crippen LogP contribution in [0.5, 0.6) is 0 Å². The van der Waals surface area contributed by atoms with Gasteiger partial charge >= 0.3 is 67.3 Å². The quantitative estimate of drug-likeness (QED) is 0.343. The summed E-state index contributed by atoms with van der Waals surface area (Å²) in [6.07, 6.45) is -2.08. The first-order chi connectivity index (χ1) is 1.73. The molecule has 0 aliphatic heterocycles. The van der Waals surface area contributed by atoms with E-state index in [0.717, 1.165) is 0 Å². The maximum Gasteiger partial charge on any atom is 2.00 e. The smallest absolute Gasteiger partial charge is 2.00 e. The fourth-order valence-electron chi connectivity index (χ4n) is 0. The zero-order chi connectivity index (χ0) is 3.58. The molecule has 0 fully saturated rings. The van der Waals surface area contributed by atoms with E-state index in [1.54, 1.807) is 0 Å². The van der Waals surface area contributed by atoms with E-state index in [1.165, 1.54) is 0 Å². The average Bonchev–Trinajstić information content (AvgIpc) is 0.811. The van der Waals surface area contributed by atoms with Crippen molar-refractivity contribution >= 4 is 43.9 Å². The molecule has 0 radical (unpaired) electrons. The zero-order valence-corrected chi connectivity index (χ0v) is 8.09. The SMILES string of the molecule is O=C([O-])O.[Ca+2].[Na+].[O-2]. The molecule has 32 valence electrons. The molecule has 6 heteroatoms. The van der Waals surface area contributed by atoms with Gasteiger partial charge in [0.2, 0.25) is 6.16 Å². The molecule has 4 nitrogen and oxygen atoms in total. The maximum atomic E-state index is 8.44. The third-order valence-corrected chi connectivity index (χ3v) is 0. The molecular weight excluding hydrogens is 139 g/mol. The van der Waals surface area contributed by atoms with E-state index in [4.69, 9.17) is 15.0 Å². The average molecular weight is 140 g/mol. The Hall–Kier alpha value is 1.49. The molecule has 0 aromatic rings. The standard InChI is InChI=1S/CH2O3.Ca.Na.O/c2-1(3)4;;;/h(H2,2,3,4);;;/q;+2;+1;-2/p-1. The van der Waals surface area contributed by atoms with Crippen molar-refractivity contribution in [2.24, 2.45) is 0 Å². The minimum absolute atomic E-state index is 0. The first-order valence-electron chi connectivity index (χ1n) is 0.632. The number of hydrogen-bond acceptors (Lipinski definition) is 2. The van der Waals surface area contributed by atoms with Gasteiger partial charge in [-0.25, -0.2) is 0 Å². The molecule has 0 aromatic heterocycles. The molecule has 0 spiro atoms.